The van der Waals surface area contributed by atoms with E-state index >= 15 is 0 Å². The van der Waals surface area contributed by atoms with Crippen LogP contribution < -0.4 is 4.72 Å². The smallest absolute Gasteiger partial charge is 0.243 e. The van der Waals surface area contributed by atoms with E-state index in [9.17, 15) is 8.42 Å². The number of aryl methyl sites for hydroxylation is 1. The second-order valence-corrected chi connectivity index (χ2v) is 6.44. The monoisotopic (exact) mass is 245 g/mol. The summed E-state index contributed by atoms with van der Waals surface area (Å²) < 4.78 is 26.4. The Balaban J connectivity index is 2.79. The van der Waals surface area contributed by atoms with E-state index in [1.807, 2.05) is 20.8 Å². The van der Waals surface area contributed by atoms with E-state index in [0.717, 1.165) is 6.42 Å². The van der Waals surface area contributed by atoms with E-state index in [1.165, 1.54) is 6.20 Å². The SMILES string of the molecule is CCC(C)(C)CNS(=O)(=O)c1cn[nH]c1C. The predicted octanol–water partition coefficient (Wildman–Crippen LogP) is 1.43. The van der Waals surface area contributed by atoms with Crippen molar-refractivity contribution in [1.29, 1.82) is 0 Å². The zero-order chi connectivity index (χ0) is 12.4. The minimum absolute atomic E-state index is 0.0370. The van der Waals surface area contributed by atoms with Gasteiger partial charge in [-0.1, -0.05) is 20.8 Å². The van der Waals surface area contributed by atoms with E-state index in [-0.39, 0.29) is 10.3 Å². The molecule has 5 nitrogen and oxygen atoms in total. The van der Waals surface area contributed by atoms with E-state index in [1.54, 1.807) is 6.92 Å². The Morgan fingerprint density at radius 1 is 1.50 bits per heavy atom. The van der Waals surface area contributed by atoms with Crippen LogP contribution in [0.3, 0.4) is 0 Å². The topological polar surface area (TPSA) is 74.8 Å². The molecule has 16 heavy (non-hydrogen) atoms. The van der Waals surface area contributed by atoms with Crippen molar-refractivity contribution in [2.45, 2.75) is 39.0 Å². The van der Waals surface area contributed by atoms with Crippen molar-refractivity contribution >= 4 is 10.0 Å². The van der Waals surface area contributed by atoms with Gasteiger partial charge in [-0.15, -0.1) is 0 Å². The van der Waals surface area contributed by atoms with Gasteiger partial charge in [0.15, 0.2) is 0 Å². The van der Waals surface area contributed by atoms with Crippen molar-refractivity contribution in [3.8, 4) is 0 Å². The Bertz CT molecular complexity index is 448. The normalized spacial score (nSPS) is 13.0. The molecule has 0 saturated heterocycles. The lowest BCUT2D eigenvalue weighted by Gasteiger charge is -2.22. The predicted molar refractivity (Wildman–Crippen MR) is 62.6 cm³/mol. The summed E-state index contributed by atoms with van der Waals surface area (Å²) in [4.78, 5) is 0.222. The lowest BCUT2D eigenvalue weighted by Crippen LogP contribution is -2.33. The largest absolute Gasteiger partial charge is 0.281 e. The fraction of sp³-hybridized carbons (Fsp3) is 0.700. The van der Waals surface area contributed by atoms with Gasteiger partial charge in [0.05, 0.1) is 11.9 Å². The molecule has 0 aromatic carbocycles. The number of rotatable bonds is 5. The maximum absolute atomic E-state index is 11.9. The number of hydrogen-bond donors (Lipinski definition) is 2. The molecule has 0 amide bonds. The minimum atomic E-state index is -3.43. The van der Waals surface area contributed by atoms with Gasteiger partial charge >= 0.3 is 0 Å². The maximum atomic E-state index is 11.9. The van der Waals surface area contributed by atoms with Crippen LogP contribution in [0, 0.1) is 12.3 Å². The molecular weight excluding hydrogens is 226 g/mol. The number of hydrogen-bond acceptors (Lipinski definition) is 3. The van der Waals surface area contributed by atoms with Gasteiger partial charge in [-0.25, -0.2) is 13.1 Å². The first-order valence-corrected chi connectivity index (χ1v) is 6.76. The van der Waals surface area contributed by atoms with Crippen molar-refractivity contribution < 1.29 is 8.42 Å². The zero-order valence-electron chi connectivity index (χ0n) is 10.2. The van der Waals surface area contributed by atoms with E-state index in [4.69, 9.17) is 0 Å². The molecule has 0 aliphatic carbocycles. The third-order valence-electron chi connectivity index (χ3n) is 2.77. The summed E-state index contributed by atoms with van der Waals surface area (Å²) in [6.45, 7) is 8.20. The summed E-state index contributed by atoms with van der Waals surface area (Å²) in [7, 11) is -3.43. The number of aromatic nitrogens is 2. The number of sulfonamides is 1. The summed E-state index contributed by atoms with van der Waals surface area (Å²) in [6.07, 6.45) is 2.25. The molecule has 1 aromatic rings. The van der Waals surface area contributed by atoms with Crippen LogP contribution in [0.1, 0.15) is 32.9 Å². The molecule has 6 heteroatoms. The first kappa shape index (κ1) is 13.2. The quantitative estimate of drug-likeness (QED) is 0.824. The number of nitrogens with one attached hydrogen (secondary N) is 2. The lowest BCUT2D eigenvalue weighted by molar-refractivity contribution is 0.350. The Morgan fingerprint density at radius 2 is 2.12 bits per heavy atom. The van der Waals surface area contributed by atoms with Crippen molar-refractivity contribution in [1.82, 2.24) is 14.9 Å². The van der Waals surface area contributed by atoms with Crippen LogP contribution in [-0.2, 0) is 10.0 Å². The molecule has 0 saturated carbocycles. The van der Waals surface area contributed by atoms with E-state index in [0.29, 0.717) is 12.2 Å². The average molecular weight is 245 g/mol. The first-order chi connectivity index (χ1) is 7.28. The lowest BCUT2D eigenvalue weighted by atomic mass is 9.91. The van der Waals surface area contributed by atoms with Crippen molar-refractivity contribution in [3.63, 3.8) is 0 Å². The second kappa shape index (κ2) is 4.55. The van der Waals surface area contributed by atoms with Crippen LogP contribution in [0.15, 0.2) is 11.1 Å². The molecule has 0 spiro atoms. The summed E-state index contributed by atoms with van der Waals surface area (Å²) in [5, 5.41) is 6.33. The van der Waals surface area contributed by atoms with Crippen molar-refractivity contribution in [3.05, 3.63) is 11.9 Å². The van der Waals surface area contributed by atoms with Crippen LogP contribution in [0.25, 0.3) is 0 Å². The van der Waals surface area contributed by atoms with E-state index < -0.39 is 10.0 Å². The number of aromatic amines is 1. The van der Waals surface area contributed by atoms with Crippen LogP contribution in [0.2, 0.25) is 0 Å². The summed E-state index contributed by atoms with van der Waals surface area (Å²) >= 11 is 0. The fourth-order valence-electron chi connectivity index (χ4n) is 1.10. The molecule has 0 radical (unpaired) electrons. The number of H-pyrrole nitrogens is 1. The Kier molecular flexibility index (Phi) is 3.75. The molecule has 92 valence electrons. The third kappa shape index (κ3) is 3.05. The van der Waals surface area contributed by atoms with Gasteiger partial charge in [0.2, 0.25) is 10.0 Å². The zero-order valence-corrected chi connectivity index (χ0v) is 11.0. The molecule has 0 bridgehead atoms. The first-order valence-electron chi connectivity index (χ1n) is 5.28. The number of nitrogens with zero attached hydrogens (tertiary/aromatic N) is 1. The molecule has 2 N–H and O–H groups in total. The minimum Gasteiger partial charge on any atom is -0.281 e. The van der Waals surface area contributed by atoms with Gasteiger partial charge in [0.25, 0.3) is 0 Å². The second-order valence-electron chi connectivity index (χ2n) is 4.70. The van der Waals surface area contributed by atoms with Crippen molar-refractivity contribution in [2.24, 2.45) is 5.41 Å². The van der Waals surface area contributed by atoms with E-state index in [2.05, 4.69) is 14.9 Å². The standard InChI is InChI=1S/C10H19N3O2S/c1-5-10(3,4)7-12-16(14,15)9-6-11-13-8(9)2/h6,12H,5,7H2,1-4H3,(H,11,13). The van der Waals surface area contributed by atoms with Crippen LogP contribution in [-0.4, -0.2) is 25.2 Å². The summed E-state index contributed by atoms with van der Waals surface area (Å²) in [5.41, 5.74) is 0.520. The van der Waals surface area contributed by atoms with Gasteiger partial charge in [-0.05, 0) is 18.8 Å². The molecule has 0 unspecified atom stereocenters. The molecular formula is C10H19N3O2S. The summed E-state index contributed by atoms with van der Waals surface area (Å²) in [6, 6.07) is 0. The van der Waals surface area contributed by atoms with Gasteiger partial charge < -0.3 is 0 Å². The molecule has 0 aliphatic heterocycles. The molecule has 0 atom stereocenters. The fourth-order valence-corrected chi connectivity index (χ4v) is 2.48. The molecule has 1 rings (SSSR count). The van der Waals surface area contributed by atoms with Crippen LogP contribution >= 0.6 is 0 Å². The molecule has 0 fully saturated rings. The highest BCUT2D eigenvalue weighted by molar-refractivity contribution is 7.89. The van der Waals surface area contributed by atoms with Gasteiger partial charge in [-0.2, -0.15) is 5.10 Å². The summed E-state index contributed by atoms with van der Waals surface area (Å²) in [5.74, 6) is 0. The maximum Gasteiger partial charge on any atom is 0.243 e. The highest BCUT2D eigenvalue weighted by Crippen LogP contribution is 2.19. The highest BCUT2D eigenvalue weighted by atomic mass is 32.2. The molecule has 1 heterocycles. The average Bonchev–Trinajstić information content (AvgIpc) is 2.63. The van der Waals surface area contributed by atoms with Crippen LogP contribution in [0.5, 0.6) is 0 Å². The molecule has 1 aromatic heterocycles. The Hall–Kier alpha value is -0.880. The van der Waals surface area contributed by atoms with Gasteiger partial charge in [0, 0.05) is 6.54 Å². The van der Waals surface area contributed by atoms with Gasteiger partial charge in [-0.3, -0.25) is 5.10 Å². The highest BCUT2D eigenvalue weighted by Gasteiger charge is 2.22. The van der Waals surface area contributed by atoms with Gasteiger partial charge in [0.1, 0.15) is 4.90 Å². The van der Waals surface area contributed by atoms with Crippen LogP contribution in [0.4, 0.5) is 0 Å². The third-order valence-corrected chi connectivity index (χ3v) is 4.29. The molecule has 0 aliphatic rings. The van der Waals surface area contributed by atoms with Crippen molar-refractivity contribution in [2.75, 3.05) is 6.54 Å². The Labute approximate surface area is 96.7 Å². The Morgan fingerprint density at radius 3 is 2.56 bits per heavy atom.